The fraction of sp³-hybridized carbons (Fsp3) is 0. The average molecular weight is 1430 g/mol. The zero-order valence-electron chi connectivity index (χ0n) is 60.2. The van der Waals surface area contributed by atoms with Crippen LogP contribution in [0, 0.1) is 0 Å². The van der Waals surface area contributed by atoms with E-state index < -0.39 is 0 Å². The third-order valence-corrected chi connectivity index (χ3v) is 23.3. The second-order valence-corrected chi connectivity index (χ2v) is 29.5. The normalized spacial score (nSPS) is 12.1. The summed E-state index contributed by atoms with van der Waals surface area (Å²) in [7, 11) is 0. The summed E-state index contributed by atoms with van der Waals surface area (Å²) in [6, 6.07) is 133. The number of fused-ring (bicyclic) bond motifs is 19. The average Bonchev–Trinajstić information content (AvgIpc) is 1.52. The molecule has 0 aliphatic carbocycles. The van der Waals surface area contributed by atoms with Crippen molar-refractivity contribution >= 4 is 142 Å². The van der Waals surface area contributed by atoms with Crippen molar-refractivity contribution in [3.63, 3.8) is 0 Å². The Kier molecular flexibility index (Phi) is 13.4. The van der Waals surface area contributed by atoms with Gasteiger partial charge in [-0.15, -0.1) is 0 Å². The van der Waals surface area contributed by atoms with Crippen molar-refractivity contribution in [1.82, 2.24) is 23.7 Å². The number of aromatic nitrogens is 5. The molecule has 520 valence electrons. The van der Waals surface area contributed by atoms with Crippen LogP contribution >= 0.6 is 0 Å². The van der Waals surface area contributed by atoms with Gasteiger partial charge < -0.3 is 27.0 Å². The first-order valence-electron chi connectivity index (χ1n) is 38.0. The summed E-state index contributed by atoms with van der Waals surface area (Å²) in [5.74, 6) is 0.634. The van der Waals surface area contributed by atoms with Crippen molar-refractivity contribution in [2.24, 2.45) is 0 Å². The smallest absolute Gasteiger partial charge is 0.160 e. The molecular weight excluding hydrogens is 1370 g/mol. The van der Waals surface area contributed by atoms with Gasteiger partial charge >= 0.3 is 0 Å². The van der Waals surface area contributed by atoms with Gasteiger partial charge in [-0.25, -0.2) is 9.97 Å². The van der Waals surface area contributed by atoms with E-state index >= 15 is 0 Å². The van der Waals surface area contributed by atoms with Gasteiger partial charge in [0, 0.05) is 98.2 Å². The number of furan rings is 3. The van der Waals surface area contributed by atoms with E-state index in [1.165, 1.54) is 43.4 Å². The molecule has 0 amide bonds. The molecule has 24 aromatic rings. The lowest BCUT2D eigenvalue weighted by molar-refractivity contribution is 0.668. The first kappa shape index (κ1) is 62.0. The van der Waals surface area contributed by atoms with Crippen molar-refractivity contribution in [2.75, 3.05) is 0 Å². The van der Waals surface area contributed by atoms with E-state index in [1.807, 2.05) is 36.4 Å². The van der Waals surface area contributed by atoms with Gasteiger partial charge in [-0.1, -0.05) is 212 Å². The minimum absolute atomic E-state index is 0.634. The van der Waals surface area contributed by atoms with Crippen LogP contribution < -0.4 is 0 Å². The van der Waals surface area contributed by atoms with E-state index in [0.29, 0.717) is 5.82 Å². The number of benzene rings is 17. The Morgan fingerprint density at radius 2 is 0.473 bits per heavy atom. The Morgan fingerprint density at radius 3 is 0.920 bits per heavy atom. The van der Waals surface area contributed by atoms with Crippen LogP contribution in [0.2, 0.25) is 0 Å². The van der Waals surface area contributed by atoms with E-state index in [1.54, 1.807) is 0 Å². The molecular formula is C104H61N5O3. The molecule has 24 rings (SSSR count). The first-order chi connectivity index (χ1) is 55.4. The number of rotatable bonds is 10. The largest absolute Gasteiger partial charge is 0.456 e. The highest BCUT2D eigenvalue weighted by molar-refractivity contribution is 6.15. The molecule has 0 saturated carbocycles. The topological polar surface area (TPSA) is 80.0 Å². The summed E-state index contributed by atoms with van der Waals surface area (Å²) < 4.78 is 25.9. The highest BCUT2D eigenvalue weighted by atomic mass is 16.3. The lowest BCUT2D eigenvalue weighted by Crippen LogP contribution is -1.99. The second-order valence-electron chi connectivity index (χ2n) is 29.5. The van der Waals surface area contributed by atoms with Crippen LogP contribution in [-0.2, 0) is 0 Å². The molecule has 0 saturated heterocycles. The maximum absolute atomic E-state index is 6.26. The fourth-order valence-corrected chi connectivity index (χ4v) is 17.9. The molecule has 0 aliphatic heterocycles. The van der Waals surface area contributed by atoms with Gasteiger partial charge in [-0.05, 0) is 213 Å². The predicted molar refractivity (Wildman–Crippen MR) is 462 cm³/mol. The summed E-state index contributed by atoms with van der Waals surface area (Å²) in [4.78, 5) is 11.2. The lowest BCUT2D eigenvalue weighted by atomic mass is 9.97. The minimum Gasteiger partial charge on any atom is -0.456 e. The molecule has 8 nitrogen and oxygen atoms in total. The van der Waals surface area contributed by atoms with Gasteiger partial charge in [0.15, 0.2) is 5.82 Å². The van der Waals surface area contributed by atoms with E-state index in [-0.39, 0.29) is 0 Å². The zero-order valence-corrected chi connectivity index (χ0v) is 60.2. The summed E-state index contributed by atoms with van der Waals surface area (Å²) in [6.45, 7) is 0. The van der Waals surface area contributed by atoms with Gasteiger partial charge in [0.1, 0.15) is 33.5 Å². The van der Waals surface area contributed by atoms with Crippen LogP contribution in [0.15, 0.2) is 383 Å². The highest BCUT2D eigenvalue weighted by Gasteiger charge is 2.23. The predicted octanol–water partition coefficient (Wildman–Crippen LogP) is 28.3. The molecule has 0 N–H and O–H groups in total. The van der Waals surface area contributed by atoms with Crippen molar-refractivity contribution in [1.29, 1.82) is 0 Å². The maximum Gasteiger partial charge on any atom is 0.160 e. The number of nitrogens with zero attached hydrogens (tertiary/aromatic N) is 5. The van der Waals surface area contributed by atoms with Crippen LogP contribution in [0.5, 0.6) is 0 Å². The highest BCUT2D eigenvalue weighted by Crippen LogP contribution is 2.44. The van der Waals surface area contributed by atoms with E-state index in [9.17, 15) is 0 Å². The fourth-order valence-electron chi connectivity index (χ4n) is 17.9. The second kappa shape index (κ2) is 24.2. The van der Waals surface area contributed by atoms with Gasteiger partial charge in [-0.2, -0.15) is 0 Å². The molecule has 7 heterocycles. The van der Waals surface area contributed by atoms with Crippen molar-refractivity contribution < 1.29 is 13.3 Å². The SMILES string of the molecule is c1cc(-c2nc(-c3cccc(-n4c5ccccc5c5cc(-c6ccc7oc8ccccc8c7c6)ccc54)c3)c3cc(-c4ccc(-c5ccc(-n6c7ccccc7c7cc(-c8ccc9oc%10ccccc%10c9c8)ccc76)cc5)cc4)ccc3n2)cc(-n2c3ccccc3c3cc(-c4ccc5oc6ccccc6c5c4)ccc32)c1. The Hall–Kier alpha value is -15.1. The van der Waals surface area contributed by atoms with E-state index in [4.69, 9.17) is 23.2 Å². The molecule has 0 unspecified atom stereocenters. The maximum atomic E-state index is 6.26. The molecule has 0 spiro atoms. The molecule has 0 bridgehead atoms. The molecule has 0 radical (unpaired) electrons. The minimum atomic E-state index is 0.634. The zero-order chi connectivity index (χ0) is 73.2. The first-order valence-corrected chi connectivity index (χ1v) is 38.0. The molecule has 8 heteroatoms. The monoisotopic (exact) mass is 1430 g/mol. The van der Waals surface area contributed by atoms with Gasteiger partial charge in [0.25, 0.3) is 0 Å². The van der Waals surface area contributed by atoms with Crippen LogP contribution in [-0.4, -0.2) is 23.7 Å². The molecule has 0 atom stereocenters. The summed E-state index contributed by atoms with van der Waals surface area (Å²) in [5, 5.41) is 14.8. The summed E-state index contributed by atoms with van der Waals surface area (Å²) in [6.07, 6.45) is 0. The summed E-state index contributed by atoms with van der Waals surface area (Å²) in [5.41, 5.74) is 30.2. The van der Waals surface area contributed by atoms with E-state index in [2.05, 4.69) is 347 Å². The molecule has 7 aromatic heterocycles. The van der Waals surface area contributed by atoms with Crippen LogP contribution in [0.1, 0.15) is 0 Å². The Bertz CT molecular complexity index is 8080. The van der Waals surface area contributed by atoms with Crippen LogP contribution in [0.25, 0.3) is 237 Å². The third-order valence-electron chi connectivity index (χ3n) is 23.3. The Balaban J connectivity index is 0.601. The van der Waals surface area contributed by atoms with Crippen molar-refractivity contribution in [3.8, 4) is 95.3 Å². The number of para-hydroxylation sites is 6. The quantitative estimate of drug-likeness (QED) is 0.136. The standard InChI is InChI=1S/C104H61N5O3/c1-7-25-91-77(19-1)83-55-66(69-41-50-100-86(58-69)80-22-4-10-28-97(80)110-100)38-47-94(83)107(91)74-44-35-63(36-45-74)62-31-33-64(34-32-62)65-37-46-90-89(61-65)103(72-15-13-17-75(53-72)108-92-26-8-2-20-78(92)84-56-67(39-48-95(84)108)70-42-51-101-87(59-70)81-23-5-11-29-98(81)111-101)106-104(105-90)73-16-14-18-76(54-73)109-93-27-9-3-21-79(93)85-57-68(40-49-96(85)109)71-43-52-102-88(60-71)82-24-6-12-30-99(82)112-102/h1-61H. The molecule has 0 fully saturated rings. The summed E-state index contributed by atoms with van der Waals surface area (Å²) >= 11 is 0. The number of hydrogen-bond acceptors (Lipinski definition) is 5. The van der Waals surface area contributed by atoms with Crippen molar-refractivity contribution in [3.05, 3.63) is 370 Å². The third kappa shape index (κ3) is 9.68. The van der Waals surface area contributed by atoms with Gasteiger partial charge in [0.05, 0.1) is 44.3 Å². The van der Waals surface area contributed by atoms with Crippen molar-refractivity contribution in [2.45, 2.75) is 0 Å². The molecule has 112 heavy (non-hydrogen) atoms. The molecule has 0 aliphatic rings. The van der Waals surface area contributed by atoms with Crippen LogP contribution in [0.3, 0.4) is 0 Å². The molecule has 17 aromatic carbocycles. The number of hydrogen-bond donors (Lipinski definition) is 0. The van der Waals surface area contributed by atoms with Gasteiger partial charge in [-0.3, -0.25) is 0 Å². The van der Waals surface area contributed by atoms with Gasteiger partial charge in [0.2, 0.25) is 0 Å². The lowest BCUT2D eigenvalue weighted by Gasteiger charge is -2.15. The Labute approximate surface area is 640 Å². The van der Waals surface area contributed by atoms with E-state index in [0.717, 1.165) is 188 Å². The Morgan fingerprint density at radius 1 is 0.170 bits per heavy atom. The van der Waals surface area contributed by atoms with Crippen LogP contribution in [0.4, 0.5) is 0 Å².